The average Bonchev–Trinajstić information content (AvgIpc) is 3.17. The normalized spacial score (nSPS) is 12.0. The Morgan fingerprint density at radius 1 is 0.618 bits per heavy atom. The number of hydrogen-bond donors (Lipinski definition) is 0. The summed E-state index contributed by atoms with van der Waals surface area (Å²) in [7, 11) is 2.05. The van der Waals surface area contributed by atoms with Crippen molar-refractivity contribution in [2.24, 2.45) is 7.05 Å². The lowest BCUT2D eigenvalue weighted by atomic mass is 10.0. The van der Waals surface area contributed by atoms with Crippen molar-refractivity contribution in [3.05, 3.63) is 119 Å². The molecular formula is C31H21N3. The van der Waals surface area contributed by atoms with Gasteiger partial charge in [-0.3, -0.25) is 0 Å². The molecule has 1 heterocycles. The first-order valence-corrected chi connectivity index (χ1v) is 11.0. The molecule has 0 N–H and O–H groups in total. The first-order chi connectivity index (χ1) is 16.7. The lowest BCUT2D eigenvalue weighted by Crippen LogP contribution is -1.88. The number of aromatic nitrogens is 1. The van der Waals surface area contributed by atoms with Gasteiger partial charge in [-0.15, -0.1) is 0 Å². The first-order valence-electron chi connectivity index (χ1n) is 11.0. The van der Waals surface area contributed by atoms with Crippen molar-refractivity contribution in [1.29, 1.82) is 10.5 Å². The van der Waals surface area contributed by atoms with Crippen LogP contribution in [0.3, 0.4) is 0 Å². The standard InChI is InChI=1S/C31H21N3/c1-34-30-18-22(16-26(20-32)24-8-4-2-5-9-24)12-14-28(30)29-15-13-23(19-31(29)34)17-27(21-33)25-10-6-3-7-11-25/h2-19H,1H3/b26-16+,27-17+. The summed E-state index contributed by atoms with van der Waals surface area (Å²) in [6, 6.07) is 36.7. The fourth-order valence-corrected chi connectivity index (χ4v) is 4.35. The molecule has 5 aromatic rings. The smallest absolute Gasteiger partial charge is 0.0998 e. The summed E-state index contributed by atoms with van der Waals surface area (Å²) in [4.78, 5) is 0. The molecule has 0 amide bonds. The molecule has 0 aliphatic rings. The highest BCUT2D eigenvalue weighted by Gasteiger charge is 2.10. The van der Waals surface area contributed by atoms with Crippen LogP contribution in [0.5, 0.6) is 0 Å². The van der Waals surface area contributed by atoms with E-state index in [9.17, 15) is 10.5 Å². The Hall–Kier alpha value is -4.86. The van der Waals surface area contributed by atoms with Gasteiger partial charge in [0.1, 0.15) is 0 Å². The Labute approximate surface area is 198 Å². The molecule has 0 bridgehead atoms. The number of nitriles is 2. The van der Waals surface area contributed by atoms with Gasteiger partial charge in [-0.1, -0.05) is 84.9 Å². The van der Waals surface area contributed by atoms with E-state index < -0.39 is 0 Å². The van der Waals surface area contributed by atoms with Gasteiger partial charge in [-0.05, 0) is 46.5 Å². The highest BCUT2D eigenvalue weighted by Crippen LogP contribution is 2.31. The molecule has 34 heavy (non-hydrogen) atoms. The van der Waals surface area contributed by atoms with E-state index in [-0.39, 0.29) is 0 Å². The van der Waals surface area contributed by atoms with Crippen molar-refractivity contribution in [1.82, 2.24) is 4.57 Å². The van der Waals surface area contributed by atoms with Gasteiger partial charge < -0.3 is 4.57 Å². The summed E-state index contributed by atoms with van der Waals surface area (Å²) >= 11 is 0. The zero-order valence-electron chi connectivity index (χ0n) is 18.7. The monoisotopic (exact) mass is 435 g/mol. The van der Waals surface area contributed by atoms with Crippen LogP contribution in [0.1, 0.15) is 22.3 Å². The SMILES string of the molecule is Cn1c2cc(/C=C(\C#N)c3ccccc3)ccc2c2ccc(/C=C(\C#N)c3ccccc3)cc21. The van der Waals surface area contributed by atoms with Crippen LogP contribution in [0.15, 0.2) is 97.1 Å². The molecule has 4 aromatic carbocycles. The zero-order valence-corrected chi connectivity index (χ0v) is 18.7. The van der Waals surface area contributed by atoms with E-state index in [1.54, 1.807) is 0 Å². The molecule has 5 rings (SSSR count). The van der Waals surface area contributed by atoms with Gasteiger partial charge in [0.05, 0.1) is 23.3 Å². The first kappa shape index (κ1) is 21.0. The quantitative estimate of drug-likeness (QED) is 0.217. The summed E-state index contributed by atoms with van der Waals surface area (Å²) in [5, 5.41) is 21.7. The zero-order chi connectivity index (χ0) is 23.5. The van der Waals surface area contributed by atoms with Crippen LogP contribution < -0.4 is 0 Å². The molecule has 0 radical (unpaired) electrons. The van der Waals surface area contributed by atoms with E-state index >= 15 is 0 Å². The highest BCUT2D eigenvalue weighted by atomic mass is 14.9. The Balaban J connectivity index is 1.59. The van der Waals surface area contributed by atoms with Crippen LogP contribution in [-0.2, 0) is 7.05 Å². The summed E-state index contributed by atoms with van der Waals surface area (Å²) in [6.07, 6.45) is 3.86. The Morgan fingerprint density at radius 2 is 1.03 bits per heavy atom. The predicted molar refractivity (Wildman–Crippen MR) is 140 cm³/mol. The minimum atomic E-state index is 0.635. The fourth-order valence-electron chi connectivity index (χ4n) is 4.35. The highest BCUT2D eigenvalue weighted by molar-refractivity contribution is 6.09. The molecule has 160 valence electrons. The van der Waals surface area contributed by atoms with Gasteiger partial charge in [0.25, 0.3) is 0 Å². The fraction of sp³-hybridized carbons (Fsp3) is 0.0323. The number of aryl methyl sites for hydroxylation is 1. The summed E-state index contributed by atoms with van der Waals surface area (Å²) in [5.41, 5.74) is 7.24. The van der Waals surface area contributed by atoms with Crippen LogP contribution >= 0.6 is 0 Å². The molecule has 3 nitrogen and oxygen atoms in total. The third-order valence-electron chi connectivity index (χ3n) is 6.09. The molecule has 0 atom stereocenters. The third kappa shape index (κ3) is 3.88. The number of rotatable bonds is 4. The van der Waals surface area contributed by atoms with Crippen LogP contribution in [-0.4, -0.2) is 4.57 Å². The van der Waals surface area contributed by atoms with Gasteiger partial charge in [0.2, 0.25) is 0 Å². The molecule has 3 heteroatoms. The minimum absolute atomic E-state index is 0.635. The third-order valence-corrected chi connectivity index (χ3v) is 6.09. The maximum absolute atomic E-state index is 9.68. The molecule has 0 spiro atoms. The van der Waals surface area contributed by atoms with Crippen LogP contribution in [0, 0.1) is 22.7 Å². The van der Waals surface area contributed by atoms with E-state index in [0.717, 1.165) is 44.1 Å². The van der Waals surface area contributed by atoms with Crippen molar-refractivity contribution >= 4 is 45.1 Å². The lowest BCUT2D eigenvalue weighted by molar-refractivity contribution is 1.01. The topological polar surface area (TPSA) is 52.5 Å². The summed E-state index contributed by atoms with van der Waals surface area (Å²) in [6.45, 7) is 0. The van der Waals surface area contributed by atoms with Crippen LogP contribution in [0.4, 0.5) is 0 Å². The molecule has 0 aliphatic carbocycles. The Bertz CT molecular complexity index is 1530. The van der Waals surface area contributed by atoms with E-state index in [1.807, 2.05) is 72.8 Å². The predicted octanol–water partition coefficient (Wildman–Crippen LogP) is 7.46. The van der Waals surface area contributed by atoms with Crippen molar-refractivity contribution in [3.8, 4) is 12.1 Å². The van der Waals surface area contributed by atoms with Crippen molar-refractivity contribution in [3.63, 3.8) is 0 Å². The second kappa shape index (κ2) is 8.94. The van der Waals surface area contributed by atoms with Gasteiger partial charge in [0.15, 0.2) is 0 Å². The number of benzene rings is 4. The molecule has 0 aliphatic heterocycles. The van der Waals surface area contributed by atoms with E-state index in [1.165, 1.54) is 0 Å². The largest absolute Gasteiger partial charge is 0.344 e. The van der Waals surface area contributed by atoms with E-state index in [0.29, 0.717) is 11.1 Å². The summed E-state index contributed by atoms with van der Waals surface area (Å²) in [5.74, 6) is 0. The maximum Gasteiger partial charge on any atom is 0.0998 e. The van der Waals surface area contributed by atoms with Crippen molar-refractivity contribution in [2.75, 3.05) is 0 Å². The Kier molecular flexibility index (Phi) is 5.53. The average molecular weight is 436 g/mol. The second-order valence-electron chi connectivity index (χ2n) is 8.18. The van der Waals surface area contributed by atoms with Gasteiger partial charge in [-0.2, -0.15) is 10.5 Å². The number of nitrogens with zero attached hydrogens (tertiary/aromatic N) is 3. The summed E-state index contributed by atoms with van der Waals surface area (Å²) < 4.78 is 2.17. The lowest BCUT2D eigenvalue weighted by Gasteiger charge is -2.02. The molecule has 0 saturated carbocycles. The molecular weight excluding hydrogens is 414 g/mol. The molecule has 0 saturated heterocycles. The molecule has 0 unspecified atom stereocenters. The molecule has 0 fully saturated rings. The minimum Gasteiger partial charge on any atom is -0.344 e. The number of fused-ring (bicyclic) bond motifs is 3. The van der Waals surface area contributed by atoms with Crippen LogP contribution in [0.25, 0.3) is 45.1 Å². The number of allylic oxidation sites excluding steroid dienone is 2. The van der Waals surface area contributed by atoms with Gasteiger partial charge >= 0.3 is 0 Å². The van der Waals surface area contributed by atoms with Crippen LogP contribution in [0.2, 0.25) is 0 Å². The van der Waals surface area contributed by atoms with E-state index in [2.05, 4.69) is 60.2 Å². The Morgan fingerprint density at radius 3 is 1.41 bits per heavy atom. The van der Waals surface area contributed by atoms with Gasteiger partial charge in [0, 0.05) is 28.9 Å². The van der Waals surface area contributed by atoms with Gasteiger partial charge in [-0.25, -0.2) is 0 Å². The molecule has 1 aromatic heterocycles. The number of hydrogen-bond acceptors (Lipinski definition) is 2. The van der Waals surface area contributed by atoms with Crippen molar-refractivity contribution < 1.29 is 0 Å². The second-order valence-corrected chi connectivity index (χ2v) is 8.18. The van der Waals surface area contributed by atoms with Crippen molar-refractivity contribution in [2.45, 2.75) is 0 Å². The van der Waals surface area contributed by atoms with E-state index in [4.69, 9.17) is 0 Å². The maximum atomic E-state index is 9.68.